The van der Waals surface area contributed by atoms with Crippen LogP contribution in [0.15, 0.2) is 24.3 Å². The maximum absolute atomic E-state index is 12.8. The van der Waals surface area contributed by atoms with Crippen LogP contribution in [0.4, 0.5) is 4.39 Å². The van der Waals surface area contributed by atoms with E-state index in [4.69, 9.17) is 5.11 Å². The quantitative estimate of drug-likeness (QED) is 0.912. The van der Waals surface area contributed by atoms with Gasteiger partial charge >= 0.3 is 5.97 Å². The Morgan fingerprint density at radius 1 is 1.21 bits per heavy atom. The molecule has 1 aromatic carbocycles. The summed E-state index contributed by atoms with van der Waals surface area (Å²) < 4.78 is 12.8. The van der Waals surface area contributed by atoms with Crippen LogP contribution in [0.1, 0.15) is 37.6 Å². The lowest BCUT2D eigenvalue weighted by Gasteiger charge is -2.35. The maximum Gasteiger partial charge on any atom is 0.305 e. The van der Waals surface area contributed by atoms with Gasteiger partial charge in [0.2, 0.25) is 0 Å². The number of benzene rings is 1. The van der Waals surface area contributed by atoms with Crippen molar-refractivity contribution in [2.45, 2.75) is 32.7 Å². The molecular weight excluding hydrogens is 249 g/mol. The Morgan fingerprint density at radius 2 is 1.74 bits per heavy atom. The predicted octanol–water partition coefficient (Wildman–Crippen LogP) is 2.54. The SMILES string of the molecule is CC(C)(C)N(CCC(=O)O)C(=O)c1ccc(F)cc1. The summed E-state index contributed by atoms with van der Waals surface area (Å²) in [4.78, 5) is 24.5. The molecule has 0 heterocycles. The zero-order chi connectivity index (χ0) is 14.6. The zero-order valence-electron chi connectivity index (χ0n) is 11.3. The number of carbonyl (C=O) groups excluding carboxylic acids is 1. The van der Waals surface area contributed by atoms with Crippen molar-refractivity contribution >= 4 is 11.9 Å². The third-order valence-electron chi connectivity index (χ3n) is 2.70. The first kappa shape index (κ1) is 15.1. The van der Waals surface area contributed by atoms with Crippen molar-refractivity contribution in [3.8, 4) is 0 Å². The van der Waals surface area contributed by atoms with E-state index in [0.717, 1.165) is 0 Å². The first-order valence-corrected chi connectivity index (χ1v) is 6.01. The molecular formula is C14H18FNO3. The van der Waals surface area contributed by atoms with Gasteiger partial charge in [-0.3, -0.25) is 9.59 Å². The standard InChI is InChI=1S/C14H18FNO3/c1-14(2,3)16(9-8-12(17)18)13(19)10-4-6-11(15)7-5-10/h4-7H,8-9H2,1-3H3,(H,17,18). The van der Waals surface area contributed by atoms with Gasteiger partial charge in [-0.05, 0) is 45.0 Å². The van der Waals surface area contributed by atoms with Crippen LogP contribution in [0.3, 0.4) is 0 Å². The topological polar surface area (TPSA) is 57.6 Å². The lowest BCUT2D eigenvalue weighted by Crippen LogP contribution is -2.46. The molecule has 0 radical (unpaired) electrons. The summed E-state index contributed by atoms with van der Waals surface area (Å²) in [7, 11) is 0. The molecule has 0 aliphatic carbocycles. The van der Waals surface area contributed by atoms with E-state index in [9.17, 15) is 14.0 Å². The Morgan fingerprint density at radius 3 is 2.16 bits per heavy atom. The van der Waals surface area contributed by atoms with Gasteiger partial charge in [0, 0.05) is 17.6 Å². The highest BCUT2D eigenvalue weighted by atomic mass is 19.1. The molecule has 0 atom stereocenters. The Labute approximate surface area is 111 Å². The van der Waals surface area contributed by atoms with Gasteiger partial charge in [0.1, 0.15) is 5.82 Å². The fourth-order valence-corrected chi connectivity index (χ4v) is 1.70. The summed E-state index contributed by atoms with van der Waals surface area (Å²) in [6.07, 6.45) is -0.121. The minimum Gasteiger partial charge on any atom is -0.481 e. The minimum atomic E-state index is -0.957. The fraction of sp³-hybridized carbons (Fsp3) is 0.429. The average Bonchev–Trinajstić information content (AvgIpc) is 2.27. The van der Waals surface area contributed by atoms with Crippen molar-refractivity contribution in [2.75, 3.05) is 6.54 Å². The van der Waals surface area contributed by atoms with Crippen molar-refractivity contribution < 1.29 is 19.1 Å². The van der Waals surface area contributed by atoms with Crippen LogP contribution in [0.5, 0.6) is 0 Å². The molecule has 4 nitrogen and oxygen atoms in total. The van der Waals surface area contributed by atoms with Gasteiger partial charge in [-0.15, -0.1) is 0 Å². The third kappa shape index (κ3) is 4.35. The molecule has 0 saturated heterocycles. The average molecular weight is 267 g/mol. The third-order valence-corrected chi connectivity index (χ3v) is 2.70. The Balaban J connectivity index is 2.94. The van der Waals surface area contributed by atoms with Crippen molar-refractivity contribution in [1.29, 1.82) is 0 Å². The molecule has 0 fully saturated rings. The molecule has 19 heavy (non-hydrogen) atoms. The molecule has 1 N–H and O–H groups in total. The highest BCUT2D eigenvalue weighted by Crippen LogP contribution is 2.18. The molecule has 0 aliphatic rings. The van der Waals surface area contributed by atoms with Gasteiger partial charge in [-0.25, -0.2) is 4.39 Å². The van der Waals surface area contributed by atoms with E-state index in [-0.39, 0.29) is 18.9 Å². The summed E-state index contributed by atoms with van der Waals surface area (Å²) in [5, 5.41) is 8.73. The number of halogens is 1. The maximum atomic E-state index is 12.8. The van der Waals surface area contributed by atoms with E-state index >= 15 is 0 Å². The molecule has 0 bridgehead atoms. The molecule has 0 unspecified atom stereocenters. The van der Waals surface area contributed by atoms with Crippen molar-refractivity contribution in [2.24, 2.45) is 0 Å². The van der Waals surface area contributed by atoms with Crippen molar-refractivity contribution in [3.05, 3.63) is 35.6 Å². The van der Waals surface area contributed by atoms with Gasteiger partial charge < -0.3 is 10.0 Å². The second-order valence-electron chi connectivity index (χ2n) is 5.28. The van der Waals surface area contributed by atoms with E-state index in [1.165, 1.54) is 29.2 Å². The summed E-state index contributed by atoms with van der Waals surface area (Å²) >= 11 is 0. The van der Waals surface area contributed by atoms with Crippen LogP contribution in [-0.4, -0.2) is 34.0 Å². The van der Waals surface area contributed by atoms with E-state index in [2.05, 4.69) is 0 Å². The van der Waals surface area contributed by atoms with Crippen LogP contribution >= 0.6 is 0 Å². The van der Waals surface area contributed by atoms with Gasteiger partial charge in [0.15, 0.2) is 0 Å². The van der Waals surface area contributed by atoms with Crippen molar-refractivity contribution in [3.63, 3.8) is 0 Å². The monoisotopic (exact) mass is 267 g/mol. The van der Waals surface area contributed by atoms with Crippen LogP contribution in [0, 0.1) is 5.82 Å². The second-order valence-corrected chi connectivity index (χ2v) is 5.28. The Hall–Kier alpha value is -1.91. The van der Waals surface area contributed by atoms with Crippen LogP contribution in [-0.2, 0) is 4.79 Å². The molecule has 1 rings (SSSR count). The molecule has 104 valence electrons. The predicted molar refractivity (Wildman–Crippen MR) is 69.4 cm³/mol. The number of carboxylic acids is 1. The first-order valence-electron chi connectivity index (χ1n) is 6.01. The van der Waals surface area contributed by atoms with Gasteiger partial charge in [0.05, 0.1) is 6.42 Å². The molecule has 0 aliphatic heterocycles. The highest BCUT2D eigenvalue weighted by molar-refractivity contribution is 5.94. The molecule has 1 aromatic rings. The lowest BCUT2D eigenvalue weighted by molar-refractivity contribution is -0.137. The summed E-state index contributed by atoms with van der Waals surface area (Å²) in [5.74, 6) is -1.67. The van der Waals surface area contributed by atoms with E-state index in [1.807, 2.05) is 20.8 Å². The van der Waals surface area contributed by atoms with E-state index in [1.54, 1.807) is 0 Å². The summed E-state index contributed by atoms with van der Waals surface area (Å²) in [6, 6.07) is 5.23. The molecule has 0 spiro atoms. The van der Waals surface area contributed by atoms with Crippen LogP contribution in [0.25, 0.3) is 0 Å². The number of carbonyl (C=O) groups is 2. The molecule has 5 heteroatoms. The fourth-order valence-electron chi connectivity index (χ4n) is 1.70. The molecule has 0 aromatic heterocycles. The van der Waals surface area contributed by atoms with Gasteiger partial charge in [-0.1, -0.05) is 0 Å². The first-order chi connectivity index (χ1) is 8.71. The zero-order valence-corrected chi connectivity index (χ0v) is 11.3. The smallest absolute Gasteiger partial charge is 0.305 e. The minimum absolute atomic E-state index is 0.120. The Kier molecular flexibility index (Phi) is 4.64. The van der Waals surface area contributed by atoms with E-state index in [0.29, 0.717) is 5.56 Å². The number of rotatable bonds is 4. The summed E-state index contributed by atoms with van der Waals surface area (Å²) in [6.45, 7) is 5.61. The second kappa shape index (κ2) is 5.82. The van der Waals surface area contributed by atoms with Gasteiger partial charge in [-0.2, -0.15) is 0 Å². The van der Waals surface area contributed by atoms with E-state index < -0.39 is 17.3 Å². The number of carboxylic acid groups (broad SMARTS) is 1. The van der Waals surface area contributed by atoms with Crippen molar-refractivity contribution in [1.82, 2.24) is 4.90 Å². The Bertz CT molecular complexity index is 463. The normalized spacial score (nSPS) is 11.2. The molecule has 1 amide bonds. The number of aliphatic carboxylic acids is 1. The summed E-state index contributed by atoms with van der Waals surface area (Å²) in [5.41, 5.74) is -0.150. The number of hydrogen-bond acceptors (Lipinski definition) is 2. The highest BCUT2D eigenvalue weighted by Gasteiger charge is 2.27. The number of amides is 1. The van der Waals surface area contributed by atoms with Gasteiger partial charge in [0.25, 0.3) is 5.91 Å². The van der Waals surface area contributed by atoms with Crippen LogP contribution in [0.2, 0.25) is 0 Å². The number of hydrogen-bond donors (Lipinski definition) is 1. The largest absolute Gasteiger partial charge is 0.481 e. The molecule has 0 saturated carbocycles. The van der Waals surface area contributed by atoms with Crippen LogP contribution < -0.4 is 0 Å². The number of nitrogens with zero attached hydrogens (tertiary/aromatic N) is 1. The lowest BCUT2D eigenvalue weighted by atomic mass is 10.0.